The molecule has 0 aliphatic carbocycles. The Bertz CT molecular complexity index is 1290. The van der Waals surface area contributed by atoms with Gasteiger partial charge in [-0.25, -0.2) is 0 Å². The lowest BCUT2D eigenvalue weighted by Gasteiger charge is -2.15. The van der Waals surface area contributed by atoms with Crippen LogP contribution in [-0.4, -0.2) is 12.7 Å². The van der Waals surface area contributed by atoms with E-state index in [9.17, 15) is 0 Å². The zero-order chi connectivity index (χ0) is 18.2. The van der Waals surface area contributed by atoms with Crippen LogP contribution in [0.5, 0.6) is 5.75 Å². The van der Waals surface area contributed by atoms with E-state index in [2.05, 4.69) is 72.8 Å². The summed E-state index contributed by atoms with van der Waals surface area (Å²) in [6, 6.07) is 31.4. The van der Waals surface area contributed by atoms with Gasteiger partial charge in [0, 0.05) is 5.39 Å². The lowest BCUT2D eigenvalue weighted by Crippen LogP contribution is -2.00. The van der Waals surface area contributed by atoms with Gasteiger partial charge in [0.15, 0.2) is 0 Å². The molecule has 3 heteroatoms. The molecule has 0 aliphatic heterocycles. The summed E-state index contributed by atoms with van der Waals surface area (Å²) in [6.07, 6.45) is 0. The molecule has 5 rings (SSSR count). The van der Waals surface area contributed by atoms with Gasteiger partial charge in [-0.1, -0.05) is 72.8 Å². The summed E-state index contributed by atoms with van der Waals surface area (Å²) in [6.45, 7) is 0. The highest BCUT2D eigenvalue weighted by Crippen LogP contribution is 2.40. The maximum Gasteiger partial charge on any atom is 0.569 e. The maximum atomic E-state index is 9.15. The molecule has 5 aromatic rings. The Labute approximate surface area is 157 Å². The first-order valence-corrected chi connectivity index (χ1v) is 8.91. The van der Waals surface area contributed by atoms with Crippen molar-refractivity contribution in [1.82, 2.24) is 0 Å². The predicted molar refractivity (Wildman–Crippen MR) is 113 cm³/mol. The van der Waals surface area contributed by atoms with E-state index in [1.807, 2.05) is 18.2 Å². The van der Waals surface area contributed by atoms with Crippen molar-refractivity contribution < 1.29 is 9.68 Å². The van der Waals surface area contributed by atoms with E-state index < -0.39 is 0 Å². The lowest BCUT2D eigenvalue weighted by molar-refractivity contribution is 0.457. The van der Waals surface area contributed by atoms with Gasteiger partial charge in [-0.15, -0.1) is 0 Å². The van der Waals surface area contributed by atoms with Crippen LogP contribution in [0, 0.1) is 0 Å². The Hall–Kier alpha value is -3.30. The van der Waals surface area contributed by atoms with Crippen molar-refractivity contribution in [1.29, 1.82) is 0 Å². The second-order valence-electron chi connectivity index (χ2n) is 6.61. The Morgan fingerprint density at radius 3 is 2.19 bits per heavy atom. The van der Waals surface area contributed by atoms with E-state index in [-0.39, 0.29) is 0 Å². The summed E-state index contributed by atoms with van der Waals surface area (Å²) in [4.78, 5) is 0. The third-order valence-corrected chi connectivity index (χ3v) is 5.08. The molecule has 1 N–H and O–H groups in total. The number of fused-ring (bicyclic) bond motifs is 3. The Kier molecular flexibility index (Phi) is 3.81. The van der Waals surface area contributed by atoms with Crippen molar-refractivity contribution in [2.45, 2.75) is 0 Å². The van der Waals surface area contributed by atoms with Crippen LogP contribution in [0.15, 0.2) is 91.0 Å². The molecular formula is C24H16BO2. The molecular weight excluding hydrogens is 331 g/mol. The fourth-order valence-corrected chi connectivity index (χ4v) is 3.88. The van der Waals surface area contributed by atoms with Crippen molar-refractivity contribution in [3.63, 3.8) is 0 Å². The Balaban J connectivity index is 1.91. The van der Waals surface area contributed by atoms with Crippen LogP contribution < -0.4 is 4.65 Å². The number of hydrogen-bond donors (Lipinski definition) is 1. The Morgan fingerprint density at radius 2 is 1.33 bits per heavy atom. The van der Waals surface area contributed by atoms with E-state index >= 15 is 0 Å². The third kappa shape index (κ3) is 2.64. The molecule has 0 aliphatic rings. The molecule has 0 saturated heterocycles. The van der Waals surface area contributed by atoms with Crippen LogP contribution in [0.2, 0.25) is 0 Å². The molecule has 0 spiro atoms. The van der Waals surface area contributed by atoms with Crippen LogP contribution >= 0.6 is 0 Å². The topological polar surface area (TPSA) is 29.5 Å². The molecule has 0 aromatic heterocycles. The van der Waals surface area contributed by atoms with Crippen molar-refractivity contribution in [2.24, 2.45) is 0 Å². The van der Waals surface area contributed by atoms with Gasteiger partial charge in [0.05, 0.1) is 0 Å². The molecule has 0 amide bonds. The van der Waals surface area contributed by atoms with Crippen molar-refractivity contribution >= 4 is 40.0 Å². The van der Waals surface area contributed by atoms with Gasteiger partial charge < -0.3 is 9.68 Å². The smallest absolute Gasteiger partial charge is 0.537 e. The van der Waals surface area contributed by atoms with Gasteiger partial charge in [-0.3, -0.25) is 0 Å². The van der Waals surface area contributed by atoms with Gasteiger partial charge in [0.2, 0.25) is 0 Å². The molecule has 0 heterocycles. The molecule has 0 saturated carbocycles. The Morgan fingerprint density at radius 1 is 0.593 bits per heavy atom. The van der Waals surface area contributed by atoms with Gasteiger partial charge in [-0.2, -0.15) is 0 Å². The largest absolute Gasteiger partial charge is 0.569 e. The fourth-order valence-electron chi connectivity index (χ4n) is 3.88. The van der Waals surface area contributed by atoms with E-state index in [1.165, 1.54) is 27.3 Å². The summed E-state index contributed by atoms with van der Waals surface area (Å²) in [7, 11) is 0.736. The zero-order valence-electron chi connectivity index (χ0n) is 14.6. The number of benzene rings is 5. The number of hydrogen-bond acceptors (Lipinski definition) is 2. The minimum Gasteiger partial charge on any atom is -0.537 e. The first-order valence-electron chi connectivity index (χ1n) is 8.91. The van der Waals surface area contributed by atoms with Gasteiger partial charge >= 0.3 is 7.69 Å². The van der Waals surface area contributed by atoms with Crippen LogP contribution in [0.3, 0.4) is 0 Å². The second-order valence-corrected chi connectivity index (χ2v) is 6.61. The molecule has 5 aromatic carbocycles. The van der Waals surface area contributed by atoms with Crippen LogP contribution in [0.1, 0.15) is 0 Å². The van der Waals surface area contributed by atoms with Gasteiger partial charge in [0.25, 0.3) is 0 Å². The molecule has 0 unspecified atom stereocenters. The third-order valence-electron chi connectivity index (χ3n) is 5.08. The minimum atomic E-state index is 0.641. The van der Waals surface area contributed by atoms with Gasteiger partial charge in [0.1, 0.15) is 5.75 Å². The maximum absolute atomic E-state index is 9.15. The van der Waals surface area contributed by atoms with Crippen molar-refractivity contribution in [3.05, 3.63) is 91.0 Å². The predicted octanol–water partition coefficient (Wildman–Crippen LogP) is 5.72. The normalized spacial score (nSPS) is 11.1. The summed E-state index contributed by atoms with van der Waals surface area (Å²) in [5, 5.41) is 16.0. The molecule has 2 nitrogen and oxygen atoms in total. The summed E-state index contributed by atoms with van der Waals surface area (Å²) < 4.78 is 5.36. The lowest BCUT2D eigenvalue weighted by atomic mass is 9.90. The van der Waals surface area contributed by atoms with Crippen LogP contribution in [0.4, 0.5) is 0 Å². The molecule has 0 atom stereocenters. The minimum absolute atomic E-state index is 0.641. The van der Waals surface area contributed by atoms with Crippen molar-refractivity contribution in [3.8, 4) is 16.9 Å². The highest BCUT2D eigenvalue weighted by atomic mass is 16.5. The summed E-state index contributed by atoms with van der Waals surface area (Å²) in [5.74, 6) is 0.641. The SMILES string of the molecule is O[B]Oc1cccc2c(-c3ccc4ccccc4c3)c3ccccc3cc12. The fraction of sp³-hybridized carbons (Fsp3) is 0. The molecule has 0 bridgehead atoms. The first kappa shape index (κ1) is 15.9. The van der Waals surface area contributed by atoms with Crippen LogP contribution in [0.25, 0.3) is 43.4 Å². The van der Waals surface area contributed by atoms with E-state index in [0.717, 1.165) is 23.8 Å². The quantitative estimate of drug-likeness (QED) is 0.334. The standard InChI is InChI=1S/C24H16BO2/c26-25-27-23-11-5-10-21-22(23)15-18-8-3-4-9-20(18)24(21)19-13-12-16-6-1-2-7-17(16)14-19/h1-15,26H. The molecule has 27 heavy (non-hydrogen) atoms. The zero-order valence-corrected chi connectivity index (χ0v) is 14.6. The molecule has 127 valence electrons. The highest BCUT2D eigenvalue weighted by Gasteiger charge is 2.13. The number of rotatable bonds is 3. The molecule has 0 fully saturated rings. The molecule has 1 radical (unpaired) electrons. The van der Waals surface area contributed by atoms with E-state index in [4.69, 9.17) is 9.68 Å². The van der Waals surface area contributed by atoms with Crippen molar-refractivity contribution in [2.75, 3.05) is 0 Å². The highest BCUT2D eigenvalue weighted by molar-refractivity contribution is 6.19. The first-order chi connectivity index (χ1) is 13.3. The van der Waals surface area contributed by atoms with E-state index in [1.54, 1.807) is 0 Å². The monoisotopic (exact) mass is 347 g/mol. The second kappa shape index (κ2) is 6.46. The van der Waals surface area contributed by atoms with Gasteiger partial charge in [-0.05, 0) is 56.3 Å². The summed E-state index contributed by atoms with van der Waals surface area (Å²) in [5.41, 5.74) is 2.35. The van der Waals surface area contributed by atoms with E-state index in [0.29, 0.717) is 5.75 Å². The summed E-state index contributed by atoms with van der Waals surface area (Å²) >= 11 is 0. The average molecular weight is 347 g/mol. The van der Waals surface area contributed by atoms with Crippen LogP contribution in [-0.2, 0) is 0 Å². The average Bonchev–Trinajstić information content (AvgIpc) is 2.72.